The molecule has 0 saturated heterocycles. The zero-order valence-corrected chi connectivity index (χ0v) is 7.85. The van der Waals surface area contributed by atoms with Crippen LogP contribution < -0.4 is 0 Å². The summed E-state index contributed by atoms with van der Waals surface area (Å²) in [6, 6.07) is 0. The van der Waals surface area contributed by atoms with Crippen molar-refractivity contribution in [3.8, 4) is 0 Å². The lowest BCUT2D eigenvalue weighted by Gasteiger charge is -0.412. The summed E-state index contributed by atoms with van der Waals surface area (Å²) in [4.78, 5) is 0. The molecule has 0 radical (unpaired) electrons. The second-order valence-corrected chi connectivity index (χ2v) is 0. The predicted molar refractivity (Wildman–Crippen MR) is 47.1 cm³/mol. The van der Waals surface area contributed by atoms with Crippen molar-refractivity contribution in [3.63, 3.8) is 0 Å². The monoisotopic (exact) mass is 234 g/mol. The van der Waals surface area contributed by atoms with Gasteiger partial charge in [-0.15, -0.1) is 74.4 Å². The van der Waals surface area contributed by atoms with Crippen LogP contribution in [0.2, 0.25) is 0 Å². The van der Waals surface area contributed by atoms with E-state index in [9.17, 15) is 0 Å². The molecule has 0 fully saturated rings. The van der Waals surface area contributed by atoms with Crippen molar-refractivity contribution in [2.45, 2.75) is 0 Å². The first-order valence-electron chi connectivity index (χ1n) is 0. The van der Waals surface area contributed by atoms with Gasteiger partial charge in [0, 0.05) is 0 Å². The Kier molecular flexibility index (Phi) is 3050. The molecule has 7 heavy (non-hydrogen) atoms. The van der Waals surface area contributed by atoms with E-state index in [4.69, 9.17) is 0 Å². The van der Waals surface area contributed by atoms with Crippen LogP contribution >= 0.6 is 74.4 Å². The zero-order valence-electron chi connectivity index (χ0n) is 2.95. The maximum Gasteiger partial charge on any atom is -0.147 e. The average Bonchev–Trinajstić information content (AvgIpc) is 0. The minimum atomic E-state index is 0. The quantitative estimate of drug-likeness (QED) is 0.613. The van der Waals surface area contributed by atoms with Gasteiger partial charge in [-0.1, -0.05) is 0 Å². The third kappa shape index (κ3) is 86.6. The molecule has 0 unspecified atom stereocenters. The van der Waals surface area contributed by atoms with Gasteiger partial charge in [0.25, 0.3) is 0 Å². The third-order valence-electron chi connectivity index (χ3n) is 0. The normalized spacial score (nSPS) is 0. The van der Waals surface area contributed by atoms with Crippen molar-refractivity contribution in [3.05, 3.63) is 0 Å². The smallest absolute Gasteiger partial charge is 0.147 e. The van der Waals surface area contributed by atoms with Crippen LogP contribution in [0, 0.1) is 0 Å². The Hall–Kier alpha value is 1.70. The maximum absolute atomic E-state index is 0. The van der Waals surface area contributed by atoms with Gasteiger partial charge >= 0.3 is 0 Å². The first kappa shape index (κ1) is 178. The molecule has 0 aromatic carbocycles. The summed E-state index contributed by atoms with van der Waals surface area (Å²) in [6.07, 6.45) is 0. The lowest BCUT2D eigenvalue weighted by Crippen LogP contribution is -0.289. The summed E-state index contributed by atoms with van der Waals surface area (Å²) in [7, 11) is 0. The SMILES string of the molecule is Cl.Cl.Cl.Cl.Cl.Cl.O. The number of halogens is 6. The van der Waals surface area contributed by atoms with Crippen molar-refractivity contribution >= 4 is 74.4 Å². The van der Waals surface area contributed by atoms with Gasteiger partial charge in [0.1, 0.15) is 0 Å². The van der Waals surface area contributed by atoms with Crippen LogP contribution in [-0.4, -0.2) is 5.48 Å². The van der Waals surface area contributed by atoms with E-state index in [1.54, 1.807) is 0 Å². The van der Waals surface area contributed by atoms with Crippen molar-refractivity contribution < 1.29 is 5.48 Å². The molecule has 0 saturated carbocycles. The minimum absolute atomic E-state index is 0. The molecular formula is H8Cl6O. The molecule has 0 bridgehead atoms. The highest BCUT2D eigenvalue weighted by Crippen LogP contribution is 0.695. The summed E-state index contributed by atoms with van der Waals surface area (Å²) in [5, 5.41) is 0. The molecule has 56 valence electrons. The molecule has 0 aromatic heterocycles. The molecule has 0 amide bonds. The van der Waals surface area contributed by atoms with Crippen LogP contribution in [0.25, 0.3) is 0 Å². The Balaban J connectivity index is 0. The molecule has 0 spiro atoms. The highest BCUT2D eigenvalue weighted by Gasteiger charge is -0.142. The first-order chi connectivity index (χ1) is 0. The topological polar surface area (TPSA) is 31.5 Å². The number of hydrogen-bond acceptors (Lipinski definition) is 0. The Bertz CT molecular complexity index is 4.14. The second-order valence-electron chi connectivity index (χ2n) is 0. The van der Waals surface area contributed by atoms with Crippen molar-refractivity contribution in [2.24, 2.45) is 0 Å². The molecule has 0 aliphatic carbocycles. The summed E-state index contributed by atoms with van der Waals surface area (Å²) in [6.45, 7) is 0. The Labute approximate surface area is 79.8 Å². The molecule has 0 aliphatic rings. The largest absolute Gasteiger partial charge is 0.412 e. The van der Waals surface area contributed by atoms with E-state index < -0.39 is 0 Å². The van der Waals surface area contributed by atoms with Crippen molar-refractivity contribution in [2.75, 3.05) is 0 Å². The van der Waals surface area contributed by atoms with Crippen molar-refractivity contribution in [1.29, 1.82) is 0 Å². The molecular weight excluding hydrogens is 229 g/mol. The summed E-state index contributed by atoms with van der Waals surface area (Å²) >= 11 is 0. The van der Waals surface area contributed by atoms with E-state index in [2.05, 4.69) is 0 Å². The number of hydrogen-bond donors (Lipinski definition) is 0. The Morgan fingerprint density at radius 2 is 0.286 bits per heavy atom. The highest BCUT2D eigenvalue weighted by molar-refractivity contribution is 5.86. The van der Waals surface area contributed by atoms with Gasteiger partial charge < -0.3 is 5.48 Å². The second kappa shape index (κ2) is 120. The van der Waals surface area contributed by atoms with Crippen LogP contribution in [0.15, 0.2) is 0 Å². The lowest BCUT2D eigenvalue weighted by molar-refractivity contribution is 0.824. The Morgan fingerprint density at radius 3 is 0.286 bits per heavy atom. The maximum atomic E-state index is 0. The fourth-order valence-corrected chi connectivity index (χ4v) is 0. The lowest BCUT2D eigenvalue weighted by atomic mass is 16.0. The van der Waals surface area contributed by atoms with Crippen molar-refractivity contribution in [1.82, 2.24) is 0 Å². The molecule has 0 atom stereocenters. The zero-order chi connectivity index (χ0) is 0. The van der Waals surface area contributed by atoms with Crippen LogP contribution in [0.3, 0.4) is 0 Å². The molecule has 0 rings (SSSR count). The van der Waals surface area contributed by atoms with E-state index in [-0.39, 0.29) is 79.9 Å². The molecule has 0 heterocycles. The predicted octanol–water partition coefficient (Wildman–Crippen LogP) is 1.71. The van der Waals surface area contributed by atoms with Gasteiger partial charge in [-0.25, -0.2) is 0 Å². The van der Waals surface area contributed by atoms with E-state index >= 15 is 0 Å². The first-order valence-corrected chi connectivity index (χ1v) is 0. The van der Waals surface area contributed by atoms with Gasteiger partial charge in [0.05, 0.1) is 0 Å². The van der Waals surface area contributed by atoms with Gasteiger partial charge in [0.2, 0.25) is 0 Å². The average molecular weight is 237 g/mol. The van der Waals surface area contributed by atoms with Crippen LogP contribution in [-0.2, 0) is 0 Å². The third-order valence-corrected chi connectivity index (χ3v) is 0. The van der Waals surface area contributed by atoms with E-state index in [0.29, 0.717) is 0 Å². The van der Waals surface area contributed by atoms with Crippen LogP contribution in [0.5, 0.6) is 0 Å². The minimum Gasteiger partial charge on any atom is -0.412 e. The molecule has 1 nitrogen and oxygen atoms in total. The van der Waals surface area contributed by atoms with Gasteiger partial charge in [-0.2, -0.15) is 0 Å². The number of rotatable bonds is 0. The molecule has 7 heteroatoms. The summed E-state index contributed by atoms with van der Waals surface area (Å²) in [5.41, 5.74) is 0. The fraction of sp³-hybridized carbons (Fsp3) is 0. The van der Waals surface area contributed by atoms with Gasteiger partial charge in [-0.3, -0.25) is 0 Å². The fourth-order valence-electron chi connectivity index (χ4n) is 0. The Morgan fingerprint density at radius 1 is 0.286 bits per heavy atom. The van der Waals surface area contributed by atoms with E-state index in [0.717, 1.165) is 0 Å². The van der Waals surface area contributed by atoms with Gasteiger partial charge in [0.15, 0.2) is 0 Å². The summed E-state index contributed by atoms with van der Waals surface area (Å²) < 4.78 is 0. The molecule has 0 aromatic rings. The van der Waals surface area contributed by atoms with Crippen LogP contribution in [0.1, 0.15) is 0 Å². The molecule has 0 aliphatic heterocycles. The van der Waals surface area contributed by atoms with E-state index in [1.807, 2.05) is 0 Å². The standard InChI is InChI=1S/6ClH.H2O/h6*1H;1H2. The van der Waals surface area contributed by atoms with E-state index in [1.165, 1.54) is 0 Å². The molecule has 2 N–H and O–H groups in total. The summed E-state index contributed by atoms with van der Waals surface area (Å²) in [5.74, 6) is 0. The highest BCUT2D eigenvalue weighted by atomic mass is 35.5. The van der Waals surface area contributed by atoms with Crippen LogP contribution in [0.4, 0.5) is 0 Å². The van der Waals surface area contributed by atoms with Gasteiger partial charge in [-0.05, 0) is 0 Å².